The lowest BCUT2D eigenvalue weighted by Gasteiger charge is -2.33. The minimum Gasteiger partial charge on any atom is -0.314 e. The summed E-state index contributed by atoms with van der Waals surface area (Å²) in [5, 5.41) is 8.01. The lowest BCUT2D eigenvalue weighted by atomic mass is 9.97. The van der Waals surface area contributed by atoms with E-state index in [4.69, 9.17) is 0 Å². The van der Waals surface area contributed by atoms with Gasteiger partial charge in [-0.3, -0.25) is 9.58 Å². The number of aromatic nitrogens is 2. The Morgan fingerprint density at radius 2 is 2.30 bits per heavy atom. The van der Waals surface area contributed by atoms with Gasteiger partial charge in [-0.25, -0.2) is 0 Å². The van der Waals surface area contributed by atoms with Crippen LogP contribution in [0.4, 0.5) is 0 Å². The van der Waals surface area contributed by atoms with Crippen LogP contribution >= 0.6 is 0 Å². The van der Waals surface area contributed by atoms with Gasteiger partial charge in [0.2, 0.25) is 0 Å². The molecule has 2 heterocycles. The fourth-order valence-corrected chi connectivity index (χ4v) is 3.00. The van der Waals surface area contributed by atoms with Crippen molar-refractivity contribution >= 4 is 0 Å². The molecule has 1 aromatic heterocycles. The van der Waals surface area contributed by atoms with Crippen LogP contribution in [0.2, 0.25) is 0 Å². The molecule has 0 radical (unpaired) electrons. The van der Waals surface area contributed by atoms with Gasteiger partial charge in [0.05, 0.1) is 5.69 Å². The molecule has 1 aliphatic rings. The average Bonchev–Trinajstić information content (AvgIpc) is 2.85. The second kappa shape index (κ2) is 7.79. The smallest absolute Gasteiger partial charge is 0.0524 e. The Morgan fingerprint density at radius 1 is 1.45 bits per heavy atom. The van der Waals surface area contributed by atoms with Gasteiger partial charge in [-0.05, 0) is 44.3 Å². The van der Waals surface area contributed by atoms with Gasteiger partial charge in [-0.2, -0.15) is 5.10 Å². The SMILES string of the molecule is CCCn1nccc1CN1CCCC(CNC(C)C)C1. The van der Waals surface area contributed by atoms with Crippen LogP contribution in [0.3, 0.4) is 0 Å². The summed E-state index contributed by atoms with van der Waals surface area (Å²) in [7, 11) is 0. The normalized spacial score (nSPS) is 20.7. The number of likely N-dealkylation sites (tertiary alicyclic amines) is 1. The monoisotopic (exact) mass is 278 g/mol. The Morgan fingerprint density at radius 3 is 3.05 bits per heavy atom. The first-order valence-corrected chi connectivity index (χ1v) is 8.15. The Balaban J connectivity index is 1.84. The Labute approximate surface area is 123 Å². The number of hydrogen-bond donors (Lipinski definition) is 1. The molecular weight excluding hydrogens is 248 g/mol. The van der Waals surface area contributed by atoms with Crippen LogP contribution in [0.5, 0.6) is 0 Å². The average molecular weight is 278 g/mol. The first-order valence-electron chi connectivity index (χ1n) is 8.15. The molecule has 1 aliphatic heterocycles. The third-order valence-corrected chi connectivity index (χ3v) is 4.04. The molecular formula is C16H30N4. The molecule has 1 saturated heterocycles. The van der Waals surface area contributed by atoms with Crippen LogP contribution in [0, 0.1) is 5.92 Å². The molecule has 0 aromatic carbocycles. The summed E-state index contributed by atoms with van der Waals surface area (Å²) in [6.45, 7) is 12.4. The third-order valence-electron chi connectivity index (χ3n) is 4.04. The van der Waals surface area contributed by atoms with Crippen molar-refractivity contribution in [1.82, 2.24) is 20.0 Å². The molecule has 4 nitrogen and oxygen atoms in total. The fourth-order valence-electron chi connectivity index (χ4n) is 3.00. The quantitative estimate of drug-likeness (QED) is 0.832. The maximum atomic E-state index is 4.43. The number of piperidine rings is 1. The van der Waals surface area contributed by atoms with Crippen molar-refractivity contribution in [1.29, 1.82) is 0 Å². The highest BCUT2D eigenvalue weighted by molar-refractivity contribution is 5.00. The van der Waals surface area contributed by atoms with Gasteiger partial charge in [0, 0.05) is 31.9 Å². The zero-order valence-corrected chi connectivity index (χ0v) is 13.3. The van der Waals surface area contributed by atoms with Crippen LogP contribution in [-0.2, 0) is 13.1 Å². The zero-order chi connectivity index (χ0) is 14.4. The number of nitrogens with one attached hydrogen (secondary N) is 1. The van der Waals surface area contributed by atoms with E-state index in [1.165, 1.54) is 31.6 Å². The van der Waals surface area contributed by atoms with Gasteiger partial charge in [-0.15, -0.1) is 0 Å². The van der Waals surface area contributed by atoms with Gasteiger partial charge >= 0.3 is 0 Å². The van der Waals surface area contributed by atoms with Gasteiger partial charge in [0.15, 0.2) is 0 Å². The third kappa shape index (κ3) is 4.60. The van der Waals surface area contributed by atoms with E-state index in [0.717, 1.165) is 32.0 Å². The van der Waals surface area contributed by atoms with E-state index in [9.17, 15) is 0 Å². The second-order valence-corrected chi connectivity index (χ2v) is 6.35. The first-order chi connectivity index (χ1) is 9.69. The highest BCUT2D eigenvalue weighted by Gasteiger charge is 2.20. The van der Waals surface area contributed by atoms with Gasteiger partial charge in [0.25, 0.3) is 0 Å². The number of aryl methyl sites for hydroxylation is 1. The van der Waals surface area contributed by atoms with Crippen molar-refractivity contribution in [3.63, 3.8) is 0 Å². The molecule has 0 aliphatic carbocycles. The molecule has 1 atom stereocenters. The molecule has 0 bridgehead atoms. The number of nitrogens with zero attached hydrogens (tertiary/aromatic N) is 3. The van der Waals surface area contributed by atoms with E-state index in [1.54, 1.807) is 0 Å². The molecule has 4 heteroatoms. The lowest BCUT2D eigenvalue weighted by Crippen LogP contribution is -2.40. The van der Waals surface area contributed by atoms with Crippen LogP contribution in [0.1, 0.15) is 45.7 Å². The summed E-state index contributed by atoms with van der Waals surface area (Å²) in [5.74, 6) is 0.800. The van der Waals surface area contributed by atoms with Crippen molar-refractivity contribution in [2.75, 3.05) is 19.6 Å². The highest BCUT2D eigenvalue weighted by atomic mass is 15.3. The van der Waals surface area contributed by atoms with Crippen molar-refractivity contribution < 1.29 is 0 Å². The molecule has 20 heavy (non-hydrogen) atoms. The van der Waals surface area contributed by atoms with Crippen molar-refractivity contribution in [3.05, 3.63) is 18.0 Å². The standard InChI is InChI=1S/C16H30N4/c1-4-9-20-16(7-8-18-20)13-19-10-5-6-15(12-19)11-17-14(2)3/h7-8,14-15,17H,4-6,9-13H2,1-3H3. The molecule has 0 spiro atoms. The van der Waals surface area contributed by atoms with Crippen molar-refractivity contribution in [3.8, 4) is 0 Å². The topological polar surface area (TPSA) is 33.1 Å². The van der Waals surface area contributed by atoms with E-state index in [2.05, 4.69) is 46.8 Å². The maximum Gasteiger partial charge on any atom is 0.0524 e. The minimum atomic E-state index is 0.594. The van der Waals surface area contributed by atoms with E-state index < -0.39 is 0 Å². The summed E-state index contributed by atoms with van der Waals surface area (Å²) in [4.78, 5) is 2.60. The molecule has 1 fully saturated rings. The van der Waals surface area contributed by atoms with Crippen LogP contribution in [0.15, 0.2) is 12.3 Å². The molecule has 1 unspecified atom stereocenters. The summed E-state index contributed by atoms with van der Waals surface area (Å²) in [6, 6.07) is 2.77. The van der Waals surface area contributed by atoms with Crippen molar-refractivity contribution in [2.45, 2.75) is 59.2 Å². The minimum absolute atomic E-state index is 0.594. The predicted molar refractivity (Wildman–Crippen MR) is 83.7 cm³/mol. The lowest BCUT2D eigenvalue weighted by molar-refractivity contribution is 0.160. The van der Waals surface area contributed by atoms with Gasteiger partial charge in [-0.1, -0.05) is 20.8 Å². The Kier molecular flexibility index (Phi) is 6.05. The molecule has 1 aromatic rings. The summed E-state index contributed by atoms with van der Waals surface area (Å²) >= 11 is 0. The first kappa shape index (κ1) is 15.5. The highest BCUT2D eigenvalue weighted by Crippen LogP contribution is 2.18. The largest absolute Gasteiger partial charge is 0.314 e. The second-order valence-electron chi connectivity index (χ2n) is 6.35. The summed E-state index contributed by atoms with van der Waals surface area (Å²) in [6.07, 6.45) is 5.78. The van der Waals surface area contributed by atoms with Crippen LogP contribution in [-0.4, -0.2) is 40.4 Å². The molecule has 1 N–H and O–H groups in total. The summed E-state index contributed by atoms with van der Waals surface area (Å²) < 4.78 is 2.16. The molecule has 114 valence electrons. The van der Waals surface area contributed by atoms with Gasteiger partial charge in [0.1, 0.15) is 0 Å². The predicted octanol–water partition coefficient (Wildman–Crippen LogP) is 2.50. The van der Waals surface area contributed by atoms with Crippen LogP contribution < -0.4 is 5.32 Å². The Hall–Kier alpha value is -0.870. The van der Waals surface area contributed by atoms with Crippen LogP contribution in [0.25, 0.3) is 0 Å². The maximum absolute atomic E-state index is 4.43. The zero-order valence-electron chi connectivity index (χ0n) is 13.3. The molecule has 0 amide bonds. The molecule has 0 saturated carbocycles. The van der Waals surface area contributed by atoms with E-state index in [1.807, 2.05) is 6.20 Å². The fraction of sp³-hybridized carbons (Fsp3) is 0.812. The van der Waals surface area contributed by atoms with Gasteiger partial charge < -0.3 is 5.32 Å². The summed E-state index contributed by atoms with van der Waals surface area (Å²) in [5.41, 5.74) is 1.37. The van der Waals surface area contributed by atoms with E-state index >= 15 is 0 Å². The Bertz CT molecular complexity index is 386. The molecule has 2 rings (SSSR count). The number of rotatable bonds is 7. The van der Waals surface area contributed by atoms with E-state index in [0.29, 0.717) is 6.04 Å². The van der Waals surface area contributed by atoms with E-state index in [-0.39, 0.29) is 0 Å². The van der Waals surface area contributed by atoms with Crippen molar-refractivity contribution in [2.24, 2.45) is 5.92 Å². The number of hydrogen-bond acceptors (Lipinski definition) is 3.